The third-order valence-corrected chi connectivity index (χ3v) is 3.15. The minimum atomic E-state index is 0.737. The summed E-state index contributed by atoms with van der Waals surface area (Å²) in [6.45, 7) is 4.63. The van der Waals surface area contributed by atoms with E-state index in [1.807, 2.05) is 6.92 Å². The van der Waals surface area contributed by atoms with Crippen molar-refractivity contribution in [3.05, 3.63) is 10.6 Å². The number of ether oxygens (including phenoxy) is 2. The zero-order chi connectivity index (χ0) is 11.1. The van der Waals surface area contributed by atoms with Crippen LogP contribution in [-0.4, -0.2) is 32.4 Å². The van der Waals surface area contributed by atoms with Crippen LogP contribution in [0.3, 0.4) is 0 Å². The Kier molecular flexibility index (Phi) is 5.60. The van der Waals surface area contributed by atoms with Crippen molar-refractivity contribution in [3.8, 4) is 5.19 Å². The SMILES string of the molecule is COCCCNCc1sc(OC)nc1C. The Morgan fingerprint density at radius 3 is 2.80 bits per heavy atom. The zero-order valence-electron chi connectivity index (χ0n) is 9.50. The van der Waals surface area contributed by atoms with Gasteiger partial charge in [0.1, 0.15) is 0 Å². The molecule has 0 radical (unpaired) electrons. The molecule has 0 unspecified atom stereocenters. The number of aromatic nitrogens is 1. The average molecular weight is 230 g/mol. The molecule has 0 spiro atoms. The molecule has 4 nitrogen and oxygen atoms in total. The second-order valence-electron chi connectivity index (χ2n) is 3.22. The molecule has 0 aliphatic rings. The van der Waals surface area contributed by atoms with E-state index < -0.39 is 0 Å². The third-order valence-electron chi connectivity index (χ3n) is 2.04. The van der Waals surface area contributed by atoms with Gasteiger partial charge in [0.05, 0.1) is 12.8 Å². The van der Waals surface area contributed by atoms with Gasteiger partial charge in [-0.15, -0.1) is 0 Å². The molecule has 1 heterocycles. The number of thiazole rings is 1. The molecule has 0 aliphatic carbocycles. The number of nitrogens with one attached hydrogen (secondary N) is 1. The summed E-state index contributed by atoms with van der Waals surface area (Å²) < 4.78 is 10.0. The Hall–Kier alpha value is -0.650. The van der Waals surface area contributed by atoms with Crippen LogP contribution in [0.25, 0.3) is 0 Å². The van der Waals surface area contributed by atoms with E-state index >= 15 is 0 Å². The highest BCUT2D eigenvalue weighted by molar-refractivity contribution is 7.13. The number of aryl methyl sites for hydroxylation is 1. The first-order valence-corrected chi connectivity index (χ1v) is 5.79. The van der Waals surface area contributed by atoms with Gasteiger partial charge in [-0.05, 0) is 19.9 Å². The molecule has 0 amide bonds. The van der Waals surface area contributed by atoms with Gasteiger partial charge >= 0.3 is 0 Å². The summed E-state index contributed by atoms with van der Waals surface area (Å²) in [7, 11) is 3.37. The Morgan fingerprint density at radius 1 is 1.40 bits per heavy atom. The first-order valence-electron chi connectivity index (χ1n) is 4.98. The fourth-order valence-electron chi connectivity index (χ4n) is 1.20. The molecular weight excluding hydrogens is 212 g/mol. The van der Waals surface area contributed by atoms with Crippen LogP contribution in [0.4, 0.5) is 0 Å². The molecule has 15 heavy (non-hydrogen) atoms. The summed E-state index contributed by atoms with van der Waals surface area (Å²) in [4.78, 5) is 5.52. The summed E-state index contributed by atoms with van der Waals surface area (Å²) in [5.74, 6) is 0. The van der Waals surface area contributed by atoms with Crippen LogP contribution in [-0.2, 0) is 11.3 Å². The Labute approximate surface area is 94.6 Å². The average Bonchev–Trinajstić information content (AvgIpc) is 2.59. The van der Waals surface area contributed by atoms with Gasteiger partial charge < -0.3 is 14.8 Å². The Morgan fingerprint density at radius 2 is 2.20 bits per heavy atom. The van der Waals surface area contributed by atoms with Crippen LogP contribution in [0.2, 0.25) is 0 Å². The zero-order valence-corrected chi connectivity index (χ0v) is 10.3. The van der Waals surface area contributed by atoms with Crippen LogP contribution < -0.4 is 10.1 Å². The van der Waals surface area contributed by atoms with E-state index in [1.165, 1.54) is 4.88 Å². The number of hydrogen-bond acceptors (Lipinski definition) is 5. The summed E-state index contributed by atoms with van der Waals surface area (Å²) >= 11 is 1.60. The minimum Gasteiger partial charge on any atom is -0.473 e. The van der Waals surface area contributed by atoms with Crippen molar-refractivity contribution in [1.29, 1.82) is 0 Å². The van der Waals surface area contributed by atoms with E-state index in [4.69, 9.17) is 9.47 Å². The standard InChI is InChI=1S/C10H18N2O2S/c1-8-9(15-10(12-8)14-3)7-11-5-4-6-13-2/h11H,4-7H2,1-3H3. The van der Waals surface area contributed by atoms with E-state index in [-0.39, 0.29) is 0 Å². The molecule has 0 atom stereocenters. The van der Waals surface area contributed by atoms with Gasteiger partial charge in [-0.3, -0.25) is 0 Å². The second kappa shape index (κ2) is 6.76. The fourth-order valence-corrected chi connectivity index (χ4v) is 2.04. The van der Waals surface area contributed by atoms with E-state index in [0.29, 0.717) is 0 Å². The normalized spacial score (nSPS) is 10.6. The topological polar surface area (TPSA) is 43.4 Å². The van der Waals surface area contributed by atoms with Crippen molar-refractivity contribution in [2.45, 2.75) is 19.9 Å². The first-order chi connectivity index (χ1) is 7.27. The van der Waals surface area contributed by atoms with Crippen LogP contribution in [0.1, 0.15) is 17.0 Å². The molecule has 0 fully saturated rings. The van der Waals surface area contributed by atoms with Gasteiger partial charge in [0.25, 0.3) is 5.19 Å². The monoisotopic (exact) mass is 230 g/mol. The Bertz CT molecular complexity index is 289. The predicted molar refractivity (Wildman–Crippen MR) is 61.6 cm³/mol. The van der Waals surface area contributed by atoms with Gasteiger partial charge in [0, 0.05) is 25.1 Å². The van der Waals surface area contributed by atoms with E-state index in [0.717, 1.165) is 37.0 Å². The lowest BCUT2D eigenvalue weighted by Crippen LogP contribution is -2.15. The molecule has 1 aromatic heterocycles. The molecule has 86 valence electrons. The lowest BCUT2D eigenvalue weighted by atomic mass is 10.4. The number of methoxy groups -OCH3 is 2. The van der Waals surface area contributed by atoms with Gasteiger partial charge in [-0.1, -0.05) is 11.3 Å². The largest absolute Gasteiger partial charge is 0.473 e. The van der Waals surface area contributed by atoms with Crippen LogP contribution in [0, 0.1) is 6.92 Å². The van der Waals surface area contributed by atoms with Gasteiger partial charge in [-0.25, -0.2) is 4.98 Å². The number of rotatable bonds is 7. The molecule has 1 rings (SSSR count). The van der Waals surface area contributed by atoms with Crippen molar-refractivity contribution in [2.75, 3.05) is 27.4 Å². The summed E-state index contributed by atoms with van der Waals surface area (Å²) in [6.07, 6.45) is 1.03. The van der Waals surface area contributed by atoms with Crippen LogP contribution >= 0.6 is 11.3 Å². The van der Waals surface area contributed by atoms with Crippen LogP contribution in [0.15, 0.2) is 0 Å². The summed E-state index contributed by atoms with van der Waals surface area (Å²) in [6, 6.07) is 0. The van der Waals surface area contributed by atoms with Gasteiger partial charge in [0.15, 0.2) is 0 Å². The number of hydrogen-bond donors (Lipinski definition) is 1. The van der Waals surface area contributed by atoms with E-state index in [9.17, 15) is 0 Å². The molecule has 0 bridgehead atoms. The number of nitrogens with zero attached hydrogens (tertiary/aromatic N) is 1. The molecule has 0 aliphatic heterocycles. The highest BCUT2D eigenvalue weighted by Gasteiger charge is 2.06. The molecule has 1 N–H and O–H groups in total. The smallest absolute Gasteiger partial charge is 0.273 e. The van der Waals surface area contributed by atoms with Crippen molar-refractivity contribution in [3.63, 3.8) is 0 Å². The lowest BCUT2D eigenvalue weighted by Gasteiger charge is -2.02. The highest BCUT2D eigenvalue weighted by Crippen LogP contribution is 2.23. The van der Waals surface area contributed by atoms with Crippen molar-refractivity contribution in [1.82, 2.24) is 10.3 Å². The molecule has 1 aromatic rings. The van der Waals surface area contributed by atoms with Crippen LogP contribution in [0.5, 0.6) is 5.19 Å². The maximum Gasteiger partial charge on any atom is 0.273 e. The summed E-state index contributed by atoms with van der Waals surface area (Å²) in [5, 5.41) is 4.09. The predicted octanol–water partition coefficient (Wildman–Crippen LogP) is 1.59. The van der Waals surface area contributed by atoms with Gasteiger partial charge in [0.2, 0.25) is 0 Å². The fraction of sp³-hybridized carbons (Fsp3) is 0.700. The van der Waals surface area contributed by atoms with E-state index in [1.54, 1.807) is 25.6 Å². The third kappa shape index (κ3) is 4.15. The molecule has 0 saturated heterocycles. The molecule has 0 saturated carbocycles. The maximum atomic E-state index is 5.08. The lowest BCUT2D eigenvalue weighted by molar-refractivity contribution is 0.194. The quantitative estimate of drug-likeness (QED) is 0.722. The maximum absolute atomic E-state index is 5.08. The van der Waals surface area contributed by atoms with Crippen molar-refractivity contribution >= 4 is 11.3 Å². The van der Waals surface area contributed by atoms with Gasteiger partial charge in [-0.2, -0.15) is 0 Å². The second-order valence-corrected chi connectivity index (χ2v) is 4.26. The van der Waals surface area contributed by atoms with Crippen molar-refractivity contribution < 1.29 is 9.47 Å². The highest BCUT2D eigenvalue weighted by atomic mass is 32.1. The minimum absolute atomic E-state index is 0.737. The van der Waals surface area contributed by atoms with Crippen molar-refractivity contribution in [2.24, 2.45) is 0 Å². The molecule has 0 aromatic carbocycles. The summed E-state index contributed by atoms with van der Waals surface area (Å²) in [5.41, 5.74) is 1.05. The molecule has 5 heteroatoms. The first kappa shape index (κ1) is 12.4. The molecular formula is C10H18N2O2S. The van der Waals surface area contributed by atoms with E-state index in [2.05, 4.69) is 10.3 Å². The Balaban J connectivity index is 2.27.